The lowest BCUT2D eigenvalue weighted by atomic mass is 10.1. The second kappa shape index (κ2) is 8.05. The summed E-state index contributed by atoms with van der Waals surface area (Å²) in [7, 11) is 0. The number of carbonyl (C=O) groups excluding carboxylic acids is 1. The molecule has 0 saturated heterocycles. The summed E-state index contributed by atoms with van der Waals surface area (Å²) in [4.78, 5) is 21.0. The van der Waals surface area contributed by atoms with Crippen molar-refractivity contribution in [2.75, 3.05) is 5.32 Å². The van der Waals surface area contributed by atoms with Gasteiger partial charge in [-0.05, 0) is 42.9 Å². The highest BCUT2D eigenvalue weighted by molar-refractivity contribution is 7.10. The molecule has 2 N–H and O–H groups in total. The van der Waals surface area contributed by atoms with Crippen molar-refractivity contribution >= 4 is 28.3 Å². The second-order valence-corrected chi connectivity index (χ2v) is 6.73. The average molecular weight is 367 g/mol. The van der Waals surface area contributed by atoms with Crippen LogP contribution in [0.15, 0.2) is 36.8 Å². The molecule has 0 aliphatic carbocycles. The van der Waals surface area contributed by atoms with Gasteiger partial charge in [-0.1, -0.05) is 31.2 Å². The number of hydrogen-bond acceptors (Lipinski definition) is 6. The maximum absolute atomic E-state index is 12.6. The molecule has 3 aromatic rings. The maximum Gasteiger partial charge on any atom is 0.256 e. The summed E-state index contributed by atoms with van der Waals surface area (Å²) >= 11 is 1.23. The smallest absolute Gasteiger partial charge is 0.256 e. The molecule has 0 spiro atoms. The Bertz CT molecular complexity index is 922. The molecule has 2 heterocycles. The first-order chi connectivity index (χ1) is 12.6. The number of rotatable bonds is 6. The Balaban J connectivity index is 1.73. The van der Waals surface area contributed by atoms with Crippen molar-refractivity contribution in [3.8, 4) is 0 Å². The van der Waals surface area contributed by atoms with E-state index in [1.54, 1.807) is 6.20 Å². The van der Waals surface area contributed by atoms with Crippen LogP contribution in [-0.4, -0.2) is 20.2 Å². The molecular formula is C19H21N5OS. The summed E-state index contributed by atoms with van der Waals surface area (Å²) < 4.78 is 4.16. The number of aryl methyl sites for hydroxylation is 2. The molecule has 0 atom stereocenters. The van der Waals surface area contributed by atoms with Gasteiger partial charge in [0, 0.05) is 17.8 Å². The van der Waals surface area contributed by atoms with Crippen LogP contribution in [0.25, 0.3) is 0 Å². The molecule has 0 bridgehead atoms. The molecule has 26 heavy (non-hydrogen) atoms. The topological polar surface area (TPSA) is 79.8 Å². The fourth-order valence-electron chi connectivity index (χ4n) is 2.61. The van der Waals surface area contributed by atoms with Crippen molar-refractivity contribution in [1.82, 2.24) is 19.7 Å². The van der Waals surface area contributed by atoms with Crippen molar-refractivity contribution in [3.63, 3.8) is 0 Å². The number of benzene rings is 1. The van der Waals surface area contributed by atoms with E-state index in [1.165, 1.54) is 23.4 Å². The normalized spacial score (nSPS) is 10.6. The first-order valence-corrected chi connectivity index (χ1v) is 9.22. The van der Waals surface area contributed by atoms with E-state index in [4.69, 9.17) is 0 Å². The van der Waals surface area contributed by atoms with E-state index in [-0.39, 0.29) is 5.91 Å². The molecule has 3 rings (SSSR count). The van der Waals surface area contributed by atoms with E-state index >= 15 is 0 Å². The van der Waals surface area contributed by atoms with Crippen molar-refractivity contribution in [2.45, 2.75) is 33.7 Å². The van der Waals surface area contributed by atoms with Crippen LogP contribution >= 0.6 is 11.5 Å². The van der Waals surface area contributed by atoms with Gasteiger partial charge in [-0.25, -0.2) is 9.97 Å². The monoisotopic (exact) mass is 367 g/mol. The lowest BCUT2D eigenvalue weighted by Crippen LogP contribution is -2.23. The maximum atomic E-state index is 12.6. The molecule has 0 unspecified atom stereocenters. The summed E-state index contributed by atoms with van der Waals surface area (Å²) in [5.41, 5.74) is 4.72. The van der Waals surface area contributed by atoms with Crippen molar-refractivity contribution < 1.29 is 4.79 Å². The van der Waals surface area contributed by atoms with Crippen LogP contribution in [0.3, 0.4) is 0 Å². The lowest BCUT2D eigenvalue weighted by molar-refractivity contribution is 0.0952. The van der Waals surface area contributed by atoms with Crippen LogP contribution < -0.4 is 10.6 Å². The van der Waals surface area contributed by atoms with Gasteiger partial charge in [-0.15, -0.1) is 0 Å². The number of nitrogens with one attached hydrogen (secondary N) is 2. The van der Waals surface area contributed by atoms with Crippen LogP contribution in [0.5, 0.6) is 0 Å². The predicted molar refractivity (Wildman–Crippen MR) is 104 cm³/mol. The largest absolute Gasteiger partial charge is 0.348 e. The summed E-state index contributed by atoms with van der Waals surface area (Å²) in [6, 6.07) is 8.12. The van der Waals surface area contributed by atoms with Gasteiger partial charge < -0.3 is 10.6 Å². The van der Waals surface area contributed by atoms with Gasteiger partial charge in [0.2, 0.25) is 0 Å². The number of anilines is 2. The first kappa shape index (κ1) is 18.0. The van der Waals surface area contributed by atoms with Gasteiger partial charge in [0.25, 0.3) is 5.91 Å². The van der Waals surface area contributed by atoms with E-state index in [1.807, 2.05) is 32.0 Å². The molecule has 1 amide bonds. The molecule has 134 valence electrons. The molecule has 0 aliphatic heterocycles. The van der Waals surface area contributed by atoms with Crippen LogP contribution in [0.1, 0.15) is 39.7 Å². The summed E-state index contributed by atoms with van der Waals surface area (Å²) in [6.45, 7) is 6.47. The number of aromatic nitrogens is 3. The SMILES string of the molecule is CCc1ccccc1CNC(=O)c1cnsc1Nc1ncnc(C)c1C. The second-order valence-electron chi connectivity index (χ2n) is 5.93. The standard InChI is InChI=1S/C19H21N5OS/c1-4-14-7-5-6-8-15(14)9-20-18(25)16-10-23-26-19(16)24-17-12(2)13(3)21-11-22-17/h5-8,10-11H,4,9H2,1-3H3,(H,20,25)(H,21,22,24). The number of hydrogen-bond donors (Lipinski definition) is 2. The van der Waals surface area contributed by atoms with Crippen molar-refractivity contribution in [3.05, 3.63) is 64.7 Å². The number of nitrogens with zero attached hydrogens (tertiary/aromatic N) is 3. The Hall–Kier alpha value is -2.80. The molecule has 0 fully saturated rings. The zero-order valence-electron chi connectivity index (χ0n) is 15.0. The Morgan fingerprint density at radius 1 is 1.15 bits per heavy atom. The quantitative estimate of drug-likeness (QED) is 0.693. The fraction of sp³-hybridized carbons (Fsp3) is 0.263. The third-order valence-corrected chi connectivity index (χ3v) is 5.04. The minimum atomic E-state index is -0.157. The van der Waals surface area contributed by atoms with Gasteiger partial charge in [0.05, 0.1) is 11.8 Å². The van der Waals surface area contributed by atoms with Crippen molar-refractivity contribution in [1.29, 1.82) is 0 Å². The minimum absolute atomic E-state index is 0.157. The van der Waals surface area contributed by atoms with E-state index in [0.29, 0.717) is 22.9 Å². The summed E-state index contributed by atoms with van der Waals surface area (Å²) in [5, 5.41) is 6.86. The molecular weight excluding hydrogens is 346 g/mol. The molecule has 7 heteroatoms. The highest BCUT2D eigenvalue weighted by Gasteiger charge is 2.16. The third kappa shape index (κ3) is 3.88. The number of carbonyl (C=O) groups is 1. The van der Waals surface area contributed by atoms with Gasteiger partial charge in [-0.2, -0.15) is 4.37 Å². The summed E-state index contributed by atoms with van der Waals surface area (Å²) in [5.74, 6) is 0.530. The highest BCUT2D eigenvalue weighted by Crippen LogP contribution is 2.26. The van der Waals surface area contributed by atoms with Gasteiger partial charge >= 0.3 is 0 Å². The molecule has 6 nitrogen and oxygen atoms in total. The lowest BCUT2D eigenvalue weighted by Gasteiger charge is -2.11. The average Bonchev–Trinajstić information content (AvgIpc) is 3.12. The highest BCUT2D eigenvalue weighted by atomic mass is 32.1. The Kier molecular flexibility index (Phi) is 5.58. The molecule has 0 saturated carbocycles. The van der Waals surface area contributed by atoms with Crippen molar-refractivity contribution in [2.24, 2.45) is 0 Å². The van der Waals surface area contributed by atoms with Crippen LogP contribution in [0.4, 0.5) is 10.8 Å². The predicted octanol–water partition coefficient (Wildman–Crippen LogP) is 3.79. The van der Waals surface area contributed by atoms with E-state index in [9.17, 15) is 4.79 Å². The van der Waals surface area contributed by atoms with Gasteiger partial charge in [-0.3, -0.25) is 4.79 Å². The van der Waals surface area contributed by atoms with Crippen LogP contribution in [-0.2, 0) is 13.0 Å². The first-order valence-electron chi connectivity index (χ1n) is 8.45. The van der Waals surface area contributed by atoms with Gasteiger partial charge in [0.15, 0.2) is 0 Å². The number of amides is 1. The third-order valence-electron chi connectivity index (χ3n) is 4.32. The zero-order chi connectivity index (χ0) is 18.5. The Morgan fingerprint density at radius 3 is 2.69 bits per heavy atom. The van der Waals surface area contributed by atoms with E-state index in [0.717, 1.165) is 23.2 Å². The molecule has 0 radical (unpaired) electrons. The Morgan fingerprint density at radius 2 is 1.92 bits per heavy atom. The van der Waals surface area contributed by atoms with E-state index < -0.39 is 0 Å². The Labute approximate surface area is 156 Å². The molecule has 0 aliphatic rings. The molecule has 2 aromatic heterocycles. The fourth-order valence-corrected chi connectivity index (χ4v) is 3.26. The van der Waals surface area contributed by atoms with Crippen LogP contribution in [0, 0.1) is 13.8 Å². The zero-order valence-corrected chi connectivity index (χ0v) is 15.9. The van der Waals surface area contributed by atoms with E-state index in [2.05, 4.69) is 38.0 Å². The minimum Gasteiger partial charge on any atom is -0.348 e. The van der Waals surface area contributed by atoms with Gasteiger partial charge in [0.1, 0.15) is 17.1 Å². The van der Waals surface area contributed by atoms with Crippen LogP contribution in [0.2, 0.25) is 0 Å². The summed E-state index contributed by atoms with van der Waals surface area (Å²) in [6.07, 6.45) is 4.02. The molecule has 1 aromatic carbocycles.